The van der Waals surface area contributed by atoms with Crippen LogP contribution >= 0.6 is 0 Å². The third-order valence-electron chi connectivity index (χ3n) is 1.99. The molecule has 0 aromatic carbocycles. The first-order valence-electron chi connectivity index (χ1n) is 5.55. The van der Waals surface area contributed by atoms with E-state index in [0.717, 1.165) is 12.8 Å². The van der Waals surface area contributed by atoms with Crippen molar-refractivity contribution in [3.63, 3.8) is 0 Å². The average molecular weight is 222 g/mol. The molecule has 0 rings (SSSR count). The molecule has 0 fully saturated rings. The maximum Gasteiger partial charge on any atom is 0.138 e. The summed E-state index contributed by atoms with van der Waals surface area (Å²) in [6.07, 6.45) is 12.2. The summed E-state index contributed by atoms with van der Waals surface area (Å²) in [4.78, 5) is 0. The quantitative estimate of drug-likeness (QED) is 0.434. The number of allylic oxidation sites excluding steroid dienone is 2. The number of rotatable bonds is 9. The Morgan fingerprint density at radius 1 is 0.875 bits per heavy atom. The van der Waals surface area contributed by atoms with E-state index in [4.69, 9.17) is 9.47 Å². The van der Waals surface area contributed by atoms with Gasteiger partial charge < -0.3 is 9.47 Å². The van der Waals surface area contributed by atoms with Crippen LogP contribution in [0.4, 0.5) is 0 Å². The molecule has 0 N–H and O–H groups in total. The molecule has 0 saturated heterocycles. The zero-order chi connectivity index (χ0) is 12.2. The lowest BCUT2D eigenvalue weighted by Gasteiger charge is -2.24. The molecule has 0 amide bonds. The van der Waals surface area contributed by atoms with E-state index in [2.05, 4.69) is 13.2 Å². The van der Waals surface area contributed by atoms with E-state index in [1.54, 1.807) is 12.5 Å². The number of hydrogen-bond acceptors (Lipinski definition) is 2. The Kier molecular flexibility index (Phi) is 9.18. The standard InChI is InChI=1S/C14H22O2/c1-5-9-13(15-11-7-3)14(10-6-2)16-12-8-4/h5-8,11-14H,1-2,9-10H2,3-4H3/b11-7+,12-8+/t13-,14-/m1/s1. The van der Waals surface area contributed by atoms with E-state index < -0.39 is 0 Å². The molecule has 0 heterocycles. The summed E-state index contributed by atoms with van der Waals surface area (Å²) in [5, 5.41) is 0. The first-order valence-corrected chi connectivity index (χ1v) is 5.55. The van der Waals surface area contributed by atoms with Gasteiger partial charge in [0, 0.05) is 12.8 Å². The molecule has 0 aliphatic heterocycles. The van der Waals surface area contributed by atoms with Crippen LogP contribution in [0.15, 0.2) is 50.0 Å². The Bertz CT molecular complexity index is 215. The Labute approximate surface area is 99.0 Å². The van der Waals surface area contributed by atoms with Crippen molar-refractivity contribution in [1.29, 1.82) is 0 Å². The van der Waals surface area contributed by atoms with E-state index >= 15 is 0 Å². The molecule has 0 spiro atoms. The Hall–Kier alpha value is -1.44. The van der Waals surface area contributed by atoms with Gasteiger partial charge in [-0.3, -0.25) is 0 Å². The van der Waals surface area contributed by atoms with Crippen LogP contribution in [0, 0.1) is 0 Å². The van der Waals surface area contributed by atoms with Gasteiger partial charge >= 0.3 is 0 Å². The van der Waals surface area contributed by atoms with Crippen LogP contribution in [0.5, 0.6) is 0 Å². The summed E-state index contributed by atoms with van der Waals surface area (Å²) >= 11 is 0. The second-order valence-electron chi connectivity index (χ2n) is 3.34. The van der Waals surface area contributed by atoms with Crippen LogP contribution in [0.3, 0.4) is 0 Å². The van der Waals surface area contributed by atoms with Crippen LogP contribution in [0.25, 0.3) is 0 Å². The number of hydrogen-bond donors (Lipinski definition) is 0. The summed E-state index contributed by atoms with van der Waals surface area (Å²) in [6, 6.07) is 0. The molecular formula is C14H22O2. The van der Waals surface area contributed by atoms with Gasteiger partial charge in [-0.1, -0.05) is 24.3 Å². The van der Waals surface area contributed by atoms with Crippen molar-refractivity contribution in [2.45, 2.75) is 38.9 Å². The van der Waals surface area contributed by atoms with Crippen LogP contribution in [-0.2, 0) is 9.47 Å². The first-order chi connectivity index (χ1) is 7.79. The smallest absolute Gasteiger partial charge is 0.138 e. The van der Waals surface area contributed by atoms with Gasteiger partial charge in [0.05, 0.1) is 12.5 Å². The maximum absolute atomic E-state index is 5.58. The third kappa shape index (κ3) is 6.12. The second kappa shape index (κ2) is 10.1. The molecular weight excluding hydrogens is 200 g/mol. The highest BCUT2D eigenvalue weighted by molar-refractivity contribution is 4.88. The molecule has 0 saturated carbocycles. The van der Waals surface area contributed by atoms with Crippen molar-refractivity contribution >= 4 is 0 Å². The van der Waals surface area contributed by atoms with E-state index in [9.17, 15) is 0 Å². The molecule has 90 valence electrons. The normalized spacial score (nSPS) is 14.9. The zero-order valence-corrected chi connectivity index (χ0v) is 10.3. The van der Waals surface area contributed by atoms with Gasteiger partial charge in [0.1, 0.15) is 12.2 Å². The fraction of sp³-hybridized carbons (Fsp3) is 0.429. The van der Waals surface area contributed by atoms with Gasteiger partial charge in [0.15, 0.2) is 0 Å². The molecule has 0 aliphatic carbocycles. The highest BCUT2D eigenvalue weighted by Crippen LogP contribution is 2.14. The first kappa shape index (κ1) is 14.6. The van der Waals surface area contributed by atoms with Crippen LogP contribution < -0.4 is 0 Å². The monoisotopic (exact) mass is 222 g/mol. The van der Waals surface area contributed by atoms with Crippen LogP contribution in [0.2, 0.25) is 0 Å². The third-order valence-corrected chi connectivity index (χ3v) is 1.99. The molecule has 2 heteroatoms. The van der Waals surface area contributed by atoms with E-state index in [0.29, 0.717) is 0 Å². The summed E-state index contributed by atoms with van der Waals surface area (Å²) in [7, 11) is 0. The minimum absolute atomic E-state index is 0.0251. The SMILES string of the molecule is C=CC[C@@H](O/C=C/C)[C@@H](CC=C)O/C=C/C. The van der Waals surface area contributed by atoms with Crippen molar-refractivity contribution in [2.75, 3.05) is 0 Å². The Morgan fingerprint density at radius 2 is 1.25 bits per heavy atom. The van der Waals surface area contributed by atoms with Gasteiger partial charge in [-0.25, -0.2) is 0 Å². The van der Waals surface area contributed by atoms with Gasteiger partial charge in [0.25, 0.3) is 0 Å². The fourth-order valence-electron chi connectivity index (χ4n) is 1.28. The molecule has 0 aromatic rings. The number of ether oxygens (including phenoxy) is 2. The highest BCUT2D eigenvalue weighted by Gasteiger charge is 2.20. The minimum Gasteiger partial charge on any atom is -0.494 e. The molecule has 0 aliphatic rings. The van der Waals surface area contributed by atoms with Gasteiger partial charge in [-0.2, -0.15) is 0 Å². The lowest BCUT2D eigenvalue weighted by molar-refractivity contribution is 0.00309. The molecule has 2 nitrogen and oxygen atoms in total. The van der Waals surface area contributed by atoms with Crippen molar-refractivity contribution in [3.05, 3.63) is 50.0 Å². The van der Waals surface area contributed by atoms with Crippen LogP contribution in [0.1, 0.15) is 26.7 Å². The molecule has 0 bridgehead atoms. The largest absolute Gasteiger partial charge is 0.494 e. The van der Waals surface area contributed by atoms with Gasteiger partial charge in [-0.15, -0.1) is 13.2 Å². The van der Waals surface area contributed by atoms with Crippen molar-refractivity contribution in [2.24, 2.45) is 0 Å². The summed E-state index contributed by atoms with van der Waals surface area (Å²) in [5.74, 6) is 0. The fourth-order valence-corrected chi connectivity index (χ4v) is 1.28. The lowest BCUT2D eigenvalue weighted by atomic mass is 10.1. The van der Waals surface area contributed by atoms with E-state index in [-0.39, 0.29) is 12.2 Å². The predicted octanol–water partition coefficient (Wildman–Crippen LogP) is 3.98. The Morgan fingerprint density at radius 3 is 1.50 bits per heavy atom. The van der Waals surface area contributed by atoms with Crippen LogP contribution in [-0.4, -0.2) is 12.2 Å². The van der Waals surface area contributed by atoms with E-state index in [1.165, 1.54) is 0 Å². The van der Waals surface area contributed by atoms with Crippen molar-refractivity contribution in [1.82, 2.24) is 0 Å². The summed E-state index contributed by atoms with van der Waals surface area (Å²) in [6.45, 7) is 11.3. The van der Waals surface area contributed by atoms with E-state index in [1.807, 2.05) is 38.2 Å². The highest BCUT2D eigenvalue weighted by atomic mass is 16.5. The minimum atomic E-state index is -0.0251. The summed E-state index contributed by atoms with van der Waals surface area (Å²) < 4.78 is 11.2. The van der Waals surface area contributed by atoms with Crippen molar-refractivity contribution < 1.29 is 9.47 Å². The van der Waals surface area contributed by atoms with Crippen molar-refractivity contribution in [3.8, 4) is 0 Å². The van der Waals surface area contributed by atoms with Gasteiger partial charge in [0.2, 0.25) is 0 Å². The molecule has 0 unspecified atom stereocenters. The molecule has 0 aromatic heterocycles. The lowest BCUT2D eigenvalue weighted by Crippen LogP contribution is -2.28. The Balaban J connectivity index is 4.47. The van der Waals surface area contributed by atoms with Gasteiger partial charge in [-0.05, 0) is 13.8 Å². The molecule has 2 atom stereocenters. The topological polar surface area (TPSA) is 18.5 Å². The maximum atomic E-state index is 5.58. The average Bonchev–Trinajstić information content (AvgIpc) is 2.30. The predicted molar refractivity (Wildman–Crippen MR) is 69.0 cm³/mol. The molecule has 0 radical (unpaired) electrons. The zero-order valence-electron chi connectivity index (χ0n) is 10.3. The molecule has 16 heavy (non-hydrogen) atoms. The summed E-state index contributed by atoms with van der Waals surface area (Å²) in [5.41, 5.74) is 0. The second-order valence-corrected chi connectivity index (χ2v) is 3.34.